The van der Waals surface area contributed by atoms with Gasteiger partial charge >= 0.3 is 0 Å². The molecule has 1 heterocycles. The van der Waals surface area contributed by atoms with Gasteiger partial charge in [0.1, 0.15) is 0 Å². The van der Waals surface area contributed by atoms with Crippen LogP contribution in [0.3, 0.4) is 0 Å². The topological polar surface area (TPSA) is 3.24 Å². The third kappa shape index (κ3) is 3.42. The van der Waals surface area contributed by atoms with Gasteiger partial charge in [0.25, 0.3) is 0 Å². The van der Waals surface area contributed by atoms with E-state index in [1.165, 1.54) is 32.3 Å². The number of para-hydroxylation sites is 1. The summed E-state index contributed by atoms with van der Waals surface area (Å²) >= 11 is 1.84. The molecule has 26 heavy (non-hydrogen) atoms. The Balaban J connectivity index is 1.83. The molecule has 0 bridgehead atoms. The van der Waals surface area contributed by atoms with E-state index >= 15 is 0 Å². The molecule has 0 fully saturated rings. The van der Waals surface area contributed by atoms with Gasteiger partial charge in [-0.05, 0) is 67.9 Å². The molecule has 3 aromatic carbocycles. The first-order chi connectivity index (χ1) is 12.7. The molecule has 0 unspecified atom stereocenters. The summed E-state index contributed by atoms with van der Waals surface area (Å²) in [5, 5.41) is 0. The van der Waals surface area contributed by atoms with Crippen molar-refractivity contribution in [3.8, 4) is 10.4 Å². The van der Waals surface area contributed by atoms with E-state index in [0.29, 0.717) is 0 Å². The number of hydrogen-bond acceptors (Lipinski definition) is 2. The van der Waals surface area contributed by atoms with Crippen LogP contribution in [0.25, 0.3) is 10.4 Å². The monoisotopic (exact) mass is 355 g/mol. The van der Waals surface area contributed by atoms with Gasteiger partial charge in [-0.15, -0.1) is 11.3 Å². The highest BCUT2D eigenvalue weighted by atomic mass is 32.1. The zero-order valence-electron chi connectivity index (χ0n) is 15.0. The molecule has 4 rings (SSSR count). The number of aryl methyl sites for hydroxylation is 2. The van der Waals surface area contributed by atoms with Gasteiger partial charge in [-0.1, -0.05) is 48.0 Å². The van der Waals surface area contributed by atoms with E-state index in [2.05, 4.69) is 110 Å². The van der Waals surface area contributed by atoms with Crippen molar-refractivity contribution in [3.05, 3.63) is 101 Å². The Hall–Kier alpha value is -2.84. The normalized spacial score (nSPS) is 10.7. The summed E-state index contributed by atoms with van der Waals surface area (Å²) in [5.41, 5.74) is 6.03. The van der Waals surface area contributed by atoms with Crippen LogP contribution >= 0.6 is 11.3 Å². The van der Waals surface area contributed by atoms with Crippen LogP contribution in [0, 0.1) is 13.8 Å². The number of benzene rings is 3. The average Bonchev–Trinajstić information content (AvgIpc) is 3.11. The fourth-order valence-corrected chi connectivity index (χ4v) is 3.97. The molecule has 128 valence electrons. The summed E-state index contributed by atoms with van der Waals surface area (Å²) in [4.78, 5) is 4.95. The molecule has 0 atom stereocenters. The number of hydrogen-bond donors (Lipinski definition) is 0. The minimum absolute atomic E-state index is 1.16. The first kappa shape index (κ1) is 16.6. The van der Waals surface area contributed by atoms with Gasteiger partial charge in [0.2, 0.25) is 0 Å². The SMILES string of the molecule is Cc1ccc(N(c2ccccc2)c2cccc(-c3ccc(C)s3)c2)cc1. The van der Waals surface area contributed by atoms with Crippen molar-refractivity contribution >= 4 is 28.4 Å². The second-order valence-corrected chi connectivity index (χ2v) is 7.76. The van der Waals surface area contributed by atoms with Crippen molar-refractivity contribution in [2.75, 3.05) is 4.90 Å². The summed E-state index contributed by atoms with van der Waals surface area (Å²) in [6.07, 6.45) is 0. The molecular formula is C24H21NS. The van der Waals surface area contributed by atoms with Crippen LogP contribution in [-0.2, 0) is 0 Å². The van der Waals surface area contributed by atoms with E-state index in [1.807, 2.05) is 11.3 Å². The molecular weight excluding hydrogens is 334 g/mol. The van der Waals surface area contributed by atoms with Gasteiger partial charge in [-0.25, -0.2) is 0 Å². The quantitative estimate of drug-likeness (QED) is 0.366. The Kier molecular flexibility index (Phi) is 4.59. The van der Waals surface area contributed by atoms with Crippen molar-refractivity contribution in [1.29, 1.82) is 0 Å². The summed E-state index contributed by atoms with van der Waals surface area (Å²) in [7, 11) is 0. The van der Waals surface area contributed by atoms with Crippen molar-refractivity contribution < 1.29 is 0 Å². The molecule has 0 aliphatic heterocycles. The van der Waals surface area contributed by atoms with Crippen LogP contribution in [0.1, 0.15) is 10.4 Å². The highest BCUT2D eigenvalue weighted by Crippen LogP contribution is 2.37. The zero-order chi connectivity index (χ0) is 17.9. The Morgan fingerprint density at radius 2 is 1.31 bits per heavy atom. The van der Waals surface area contributed by atoms with E-state index in [9.17, 15) is 0 Å². The van der Waals surface area contributed by atoms with E-state index in [1.54, 1.807) is 0 Å². The summed E-state index contributed by atoms with van der Waals surface area (Å²) in [6, 6.07) is 32.4. The lowest BCUT2D eigenvalue weighted by atomic mass is 10.1. The number of nitrogens with zero attached hydrogens (tertiary/aromatic N) is 1. The fraction of sp³-hybridized carbons (Fsp3) is 0.0833. The van der Waals surface area contributed by atoms with Gasteiger partial charge in [0.05, 0.1) is 0 Å². The fourth-order valence-electron chi connectivity index (χ4n) is 3.11. The molecule has 1 nitrogen and oxygen atoms in total. The van der Waals surface area contributed by atoms with E-state index in [0.717, 1.165) is 5.69 Å². The summed E-state index contributed by atoms with van der Waals surface area (Å²) in [5.74, 6) is 0. The second kappa shape index (κ2) is 7.19. The number of thiophene rings is 1. The van der Waals surface area contributed by atoms with Gasteiger partial charge < -0.3 is 4.90 Å². The average molecular weight is 356 g/mol. The van der Waals surface area contributed by atoms with E-state index in [4.69, 9.17) is 0 Å². The Bertz CT molecular complexity index is 1000. The van der Waals surface area contributed by atoms with Gasteiger partial charge in [-0.2, -0.15) is 0 Å². The van der Waals surface area contributed by atoms with Gasteiger partial charge in [0.15, 0.2) is 0 Å². The lowest BCUT2D eigenvalue weighted by Crippen LogP contribution is -2.09. The predicted octanol–water partition coefficient (Wildman–Crippen LogP) is 7.50. The Morgan fingerprint density at radius 3 is 2.00 bits per heavy atom. The van der Waals surface area contributed by atoms with Crippen LogP contribution in [0.15, 0.2) is 91.0 Å². The largest absolute Gasteiger partial charge is 0.310 e. The third-order valence-corrected chi connectivity index (χ3v) is 5.49. The highest BCUT2D eigenvalue weighted by Gasteiger charge is 2.13. The molecule has 4 aromatic rings. The molecule has 0 amide bonds. The predicted molar refractivity (Wildman–Crippen MR) is 114 cm³/mol. The summed E-state index contributed by atoms with van der Waals surface area (Å²) < 4.78 is 0. The van der Waals surface area contributed by atoms with Crippen LogP contribution < -0.4 is 4.90 Å². The molecule has 2 heteroatoms. The molecule has 1 aromatic heterocycles. The van der Waals surface area contributed by atoms with Crippen molar-refractivity contribution in [3.63, 3.8) is 0 Å². The molecule has 0 spiro atoms. The Labute approximate surface area is 159 Å². The third-order valence-electron chi connectivity index (χ3n) is 4.44. The van der Waals surface area contributed by atoms with Gasteiger partial charge in [0, 0.05) is 26.8 Å². The number of rotatable bonds is 4. The summed E-state index contributed by atoms with van der Waals surface area (Å²) in [6.45, 7) is 4.27. The minimum atomic E-state index is 1.16. The van der Waals surface area contributed by atoms with Crippen LogP contribution in [0.4, 0.5) is 17.1 Å². The zero-order valence-corrected chi connectivity index (χ0v) is 15.8. The van der Waals surface area contributed by atoms with Crippen molar-refractivity contribution in [2.24, 2.45) is 0 Å². The van der Waals surface area contributed by atoms with Crippen LogP contribution in [0.2, 0.25) is 0 Å². The standard InChI is InChI=1S/C24H21NS/c1-18-11-14-22(15-12-18)25(21-8-4-3-5-9-21)23-10-6-7-20(17-23)24-16-13-19(2)26-24/h3-17H,1-2H3. The first-order valence-electron chi connectivity index (χ1n) is 8.79. The highest BCUT2D eigenvalue weighted by molar-refractivity contribution is 7.15. The molecule has 0 N–H and O–H groups in total. The maximum absolute atomic E-state index is 2.31. The van der Waals surface area contributed by atoms with E-state index in [-0.39, 0.29) is 0 Å². The molecule has 0 radical (unpaired) electrons. The molecule has 0 aliphatic carbocycles. The smallest absolute Gasteiger partial charge is 0.0468 e. The first-order valence-corrected chi connectivity index (χ1v) is 9.61. The molecule has 0 saturated heterocycles. The molecule has 0 aliphatic rings. The maximum Gasteiger partial charge on any atom is 0.0468 e. The van der Waals surface area contributed by atoms with Crippen molar-refractivity contribution in [1.82, 2.24) is 0 Å². The van der Waals surface area contributed by atoms with Gasteiger partial charge in [-0.3, -0.25) is 0 Å². The maximum atomic E-state index is 2.31. The minimum Gasteiger partial charge on any atom is -0.310 e. The lowest BCUT2D eigenvalue weighted by molar-refractivity contribution is 1.28. The Morgan fingerprint density at radius 1 is 0.615 bits per heavy atom. The molecule has 0 saturated carbocycles. The van der Waals surface area contributed by atoms with Crippen molar-refractivity contribution in [2.45, 2.75) is 13.8 Å². The second-order valence-electron chi connectivity index (χ2n) is 6.47. The lowest BCUT2D eigenvalue weighted by Gasteiger charge is -2.26. The van der Waals surface area contributed by atoms with Crippen LogP contribution in [-0.4, -0.2) is 0 Å². The number of anilines is 3. The van der Waals surface area contributed by atoms with E-state index < -0.39 is 0 Å². The van der Waals surface area contributed by atoms with Crippen LogP contribution in [0.5, 0.6) is 0 Å².